The van der Waals surface area contributed by atoms with Gasteiger partial charge in [-0.3, -0.25) is 0 Å². The summed E-state index contributed by atoms with van der Waals surface area (Å²) < 4.78 is 5.77. The van der Waals surface area contributed by atoms with Gasteiger partial charge in [-0.1, -0.05) is 18.2 Å². The van der Waals surface area contributed by atoms with Gasteiger partial charge in [0.25, 0.3) is 0 Å². The highest BCUT2D eigenvalue weighted by atomic mass is 16.5. The fourth-order valence-corrected chi connectivity index (χ4v) is 2.28. The van der Waals surface area contributed by atoms with Gasteiger partial charge >= 0.3 is 0 Å². The number of aromatic nitrogens is 1. The van der Waals surface area contributed by atoms with Crippen LogP contribution in [0.3, 0.4) is 0 Å². The Morgan fingerprint density at radius 1 is 1.28 bits per heavy atom. The van der Waals surface area contributed by atoms with Gasteiger partial charge in [0.05, 0.1) is 5.60 Å². The summed E-state index contributed by atoms with van der Waals surface area (Å²) in [6, 6.07) is 9.93. The molecule has 1 aliphatic rings. The molecular formula is C15H17NO2. The third kappa shape index (κ3) is 2.06. The van der Waals surface area contributed by atoms with Crippen molar-refractivity contribution in [2.75, 3.05) is 6.61 Å². The lowest BCUT2D eigenvalue weighted by Crippen LogP contribution is -2.42. The molecule has 0 amide bonds. The van der Waals surface area contributed by atoms with E-state index >= 15 is 0 Å². The highest BCUT2D eigenvalue weighted by Gasteiger charge is 2.35. The quantitative estimate of drug-likeness (QED) is 0.901. The van der Waals surface area contributed by atoms with Crippen molar-refractivity contribution in [2.24, 2.45) is 0 Å². The monoisotopic (exact) mass is 243 g/mol. The van der Waals surface area contributed by atoms with Crippen LogP contribution in [0.25, 0.3) is 10.9 Å². The second-order valence-corrected chi connectivity index (χ2v) is 5.15. The first kappa shape index (κ1) is 11.5. The summed E-state index contributed by atoms with van der Waals surface area (Å²) >= 11 is 0. The molecule has 3 heteroatoms. The van der Waals surface area contributed by atoms with Crippen LogP contribution in [0.15, 0.2) is 30.3 Å². The molecule has 1 saturated carbocycles. The van der Waals surface area contributed by atoms with Gasteiger partial charge in [-0.25, -0.2) is 4.98 Å². The van der Waals surface area contributed by atoms with Gasteiger partial charge in [-0.05, 0) is 38.3 Å². The summed E-state index contributed by atoms with van der Waals surface area (Å²) in [5.74, 6) is 0.761. The van der Waals surface area contributed by atoms with E-state index in [1.807, 2.05) is 37.3 Å². The number of hydrogen-bond donors (Lipinski definition) is 1. The Bertz CT molecular complexity index is 576. The van der Waals surface area contributed by atoms with E-state index < -0.39 is 5.60 Å². The van der Waals surface area contributed by atoms with Crippen molar-refractivity contribution >= 4 is 10.9 Å². The molecule has 0 aliphatic heterocycles. The molecule has 18 heavy (non-hydrogen) atoms. The van der Waals surface area contributed by atoms with Gasteiger partial charge in [0.2, 0.25) is 0 Å². The first-order valence-electron chi connectivity index (χ1n) is 6.38. The Hall–Kier alpha value is -1.61. The van der Waals surface area contributed by atoms with E-state index in [2.05, 4.69) is 4.98 Å². The normalized spacial score (nSPS) is 17.4. The fourth-order valence-electron chi connectivity index (χ4n) is 2.28. The maximum atomic E-state index is 10.1. The van der Waals surface area contributed by atoms with Crippen LogP contribution in [0, 0.1) is 6.92 Å². The summed E-state index contributed by atoms with van der Waals surface area (Å²) in [7, 11) is 0. The smallest absolute Gasteiger partial charge is 0.145 e. The topological polar surface area (TPSA) is 42.4 Å². The molecule has 1 N–H and O–H groups in total. The molecule has 2 aromatic rings. The number of para-hydroxylation sites is 1. The van der Waals surface area contributed by atoms with Crippen LogP contribution in [-0.2, 0) is 0 Å². The number of pyridine rings is 1. The molecule has 0 saturated heterocycles. The number of hydrogen-bond acceptors (Lipinski definition) is 3. The molecule has 1 aromatic heterocycles. The zero-order valence-electron chi connectivity index (χ0n) is 10.5. The van der Waals surface area contributed by atoms with E-state index in [4.69, 9.17) is 4.74 Å². The van der Waals surface area contributed by atoms with Crippen LogP contribution in [-0.4, -0.2) is 22.3 Å². The minimum Gasteiger partial charge on any atom is -0.488 e. The van der Waals surface area contributed by atoms with E-state index in [1.165, 1.54) is 0 Å². The second kappa shape index (κ2) is 4.25. The highest BCUT2D eigenvalue weighted by molar-refractivity contribution is 5.84. The Labute approximate surface area is 106 Å². The van der Waals surface area contributed by atoms with E-state index in [0.717, 1.165) is 41.6 Å². The minimum atomic E-state index is -0.619. The van der Waals surface area contributed by atoms with Crippen LogP contribution in [0.2, 0.25) is 0 Å². The van der Waals surface area contributed by atoms with E-state index in [0.29, 0.717) is 6.61 Å². The average Bonchev–Trinajstić information content (AvgIpc) is 2.34. The Balaban J connectivity index is 1.88. The Kier molecular flexibility index (Phi) is 2.71. The number of aliphatic hydroxyl groups is 1. The summed E-state index contributed by atoms with van der Waals surface area (Å²) in [5, 5.41) is 11.1. The third-order valence-corrected chi connectivity index (χ3v) is 3.60. The van der Waals surface area contributed by atoms with Crippen molar-refractivity contribution in [2.45, 2.75) is 31.8 Å². The predicted molar refractivity (Wildman–Crippen MR) is 70.8 cm³/mol. The molecule has 0 atom stereocenters. The van der Waals surface area contributed by atoms with E-state index in [-0.39, 0.29) is 0 Å². The van der Waals surface area contributed by atoms with Crippen molar-refractivity contribution in [1.29, 1.82) is 0 Å². The molecule has 3 rings (SSSR count). The molecule has 0 unspecified atom stereocenters. The second-order valence-electron chi connectivity index (χ2n) is 5.15. The van der Waals surface area contributed by atoms with Crippen LogP contribution >= 0.6 is 0 Å². The molecule has 1 aliphatic carbocycles. The van der Waals surface area contributed by atoms with Crippen LogP contribution < -0.4 is 4.74 Å². The summed E-state index contributed by atoms with van der Waals surface area (Å²) in [6.07, 6.45) is 2.77. The van der Waals surface area contributed by atoms with Crippen molar-refractivity contribution in [1.82, 2.24) is 4.98 Å². The van der Waals surface area contributed by atoms with Gasteiger partial charge < -0.3 is 9.84 Å². The molecular weight excluding hydrogens is 226 g/mol. The molecule has 0 radical (unpaired) electrons. The number of ether oxygens (including phenoxy) is 1. The standard InChI is InChI=1S/C15H17NO2/c1-11-6-7-12-4-2-5-13(14(12)16-11)18-10-15(17)8-3-9-15/h2,4-7,17H,3,8-10H2,1H3. The maximum Gasteiger partial charge on any atom is 0.145 e. The highest BCUT2D eigenvalue weighted by Crippen LogP contribution is 2.33. The van der Waals surface area contributed by atoms with Crippen LogP contribution in [0.4, 0.5) is 0 Å². The van der Waals surface area contributed by atoms with E-state index in [9.17, 15) is 5.11 Å². The van der Waals surface area contributed by atoms with E-state index in [1.54, 1.807) is 0 Å². The first-order valence-corrected chi connectivity index (χ1v) is 6.38. The SMILES string of the molecule is Cc1ccc2cccc(OCC3(O)CCC3)c2n1. The van der Waals surface area contributed by atoms with Crippen LogP contribution in [0.5, 0.6) is 5.75 Å². The zero-order chi connectivity index (χ0) is 12.6. The van der Waals surface area contributed by atoms with Crippen molar-refractivity contribution < 1.29 is 9.84 Å². The van der Waals surface area contributed by atoms with Gasteiger partial charge in [-0.15, -0.1) is 0 Å². The van der Waals surface area contributed by atoms with Crippen molar-refractivity contribution in [3.8, 4) is 5.75 Å². The summed E-state index contributed by atoms with van der Waals surface area (Å²) in [4.78, 5) is 4.51. The van der Waals surface area contributed by atoms with Gasteiger partial charge in [0, 0.05) is 11.1 Å². The average molecular weight is 243 g/mol. The summed E-state index contributed by atoms with van der Waals surface area (Å²) in [6.45, 7) is 2.33. The van der Waals surface area contributed by atoms with Gasteiger partial charge in [0.15, 0.2) is 0 Å². The van der Waals surface area contributed by atoms with Crippen molar-refractivity contribution in [3.63, 3.8) is 0 Å². The lowest BCUT2D eigenvalue weighted by molar-refractivity contribution is -0.0660. The largest absolute Gasteiger partial charge is 0.488 e. The fraction of sp³-hybridized carbons (Fsp3) is 0.400. The third-order valence-electron chi connectivity index (χ3n) is 3.60. The lowest BCUT2D eigenvalue weighted by Gasteiger charge is -2.36. The molecule has 0 spiro atoms. The number of rotatable bonds is 3. The van der Waals surface area contributed by atoms with Crippen LogP contribution in [0.1, 0.15) is 25.0 Å². The lowest BCUT2D eigenvalue weighted by atomic mass is 9.81. The molecule has 1 heterocycles. The van der Waals surface area contributed by atoms with Crippen molar-refractivity contribution in [3.05, 3.63) is 36.0 Å². The number of fused-ring (bicyclic) bond motifs is 1. The molecule has 0 bridgehead atoms. The number of aryl methyl sites for hydroxylation is 1. The number of benzene rings is 1. The van der Waals surface area contributed by atoms with Gasteiger partial charge in [0.1, 0.15) is 17.9 Å². The Morgan fingerprint density at radius 3 is 2.83 bits per heavy atom. The summed E-state index contributed by atoms with van der Waals surface area (Å²) in [5.41, 5.74) is 1.23. The molecule has 94 valence electrons. The Morgan fingerprint density at radius 2 is 2.11 bits per heavy atom. The number of nitrogens with zero attached hydrogens (tertiary/aromatic N) is 1. The minimum absolute atomic E-state index is 0.363. The predicted octanol–water partition coefficient (Wildman–Crippen LogP) is 2.84. The van der Waals surface area contributed by atoms with Gasteiger partial charge in [-0.2, -0.15) is 0 Å². The zero-order valence-corrected chi connectivity index (χ0v) is 10.5. The molecule has 1 aromatic carbocycles. The molecule has 1 fully saturated rings. The maximum absolute atomic E-state index is 10.1. The molecule has 3 nitrogen and oxygen atoms in total. The first-order chi connectivity index (χ1) is 8.66.